The summed E-state index contributed by atoms with van der Waals surface area (Å²) in [7, 11) is -3.46. The maximum atomic E-state index is 10.0. The van der Waals surface area contributed by atoms with Gasteiger partial charge in [0, 0.05) is 0 Å². The minimum atomic E-state index is -3.14. The number of hydrogen-bond donors (Lipinski definition) is 0. The summed E-state index contributed by atoms with van der Waals surface area (Å²) in [6, 6.07) is 0. The van der Waals surface area contributed by atoms with Crippen molar-refractivity contribution in [3.63, 3.8) is 0 Å². The van der Waals surface area contributed by atoms with Crippen LogP contribution in [0.4, 0.5) is 0 Å². The first-order valence-corrected chi connectivity index (χ1v) is 4.91. The molecule has 0 aliphatic rings. The zero-order valence-electron chi connectivity index (χ0n) is 9.37. The van der Waals surface area contributed by atoms with Gasteiger partial charge < -0.3 is 9.79 Å². The fourth-order valence-electron chi connectivity index (χ4n) is 0.355. The zero-order chi connectivity index (χ0) is 9.72. The second-order valence-electron chi connectivity index (χ2n) is 1.93. The Kier molecular flexibility index (Phi) is 26.6. The molecule has 15 heavy (non-hydrogen) atoms. The van der Waals surface area contributed by atoms with Crippen LogP contribution < -0.4 is 98.5 Å². The van der Waals surface area contributed by atoms with Crippen LogP contribution in [-0.2, 0) is 18.2 Å². The van der Waals surface area contributed by atoms with E-state index >= 15 is 0 Å². The van der Waals surface area contributed by atoms with Gasteiger partial charge in [0.1, 0.15) is 0 Å². The van der Waals surface area contributed by atoms with Gasteiger partial charge in [-0.2, -0.15) is 0 Å². The molecule has 0 N–H and O–H groups in total. The second-order valence-corrected chi connectivity index (χ2v) is 3.24. The van der Waals surface area contributed by atoms with E-state index in [0.29, 0.717) is 0 Å². The summed E-state index contributed by atoms with van der Waals surface area (Å²) in [5, 5.41) is 0. The molecule has 0 fully saturated rings. The normalized spacial score (nSPS) is 12.9. The van der Waals surface area contributed by atoms with E-state index in [-0.39, 0.29) is 88.7 Å². The van der Waals surface area contributed by atoms with Crippen LogP contribution in [0, 0.1) is 0 Å². The van der Waals surface area contributed by atoms with Crippen molar-refractivity contribution < 1.29 is 117 Å². The first-order chi connectivity index (χ1) is 5.43. The third kappa shape index (κ3) is 17.0. The smallest absolute Gasteiger partial charge is 0.566 e. The third-order valence-electron chi connectivity index (χ3n) is 0.774. The molecule has 0 aromatic rings. The van der Waals surface area contributed by atoms with Gasteiger partial charge in [-0.3, -0.25) is 4.90 Å². The van der Waals surface area contributed by atoms with Crippen LogP contribution in [0.1, 0.15) is 0 Å². The van der Waals surface area contributed by atoms with E-state index in [0.717, 1.165) is 4.90 Å². The van der Waals surface area contributed by atoms with E-state index in [9.17, 15) is 18.9 Å². The minimum absolute atomic E-state index is 0. The molecule has 0 aliphatic heterocycles. The van der Waals surface area contributed by atoms with Gasteiger partial charge in [-0.1, -0.05) is 9.05 Å². The quantitative estimate of drug-likeness (QED) is 0.280. The largest absolute Gasteiger partial charge is 1.00 e. The second kappa shape index (κ2) is 15.1. The van der Waals surface area contributed by atoms with Gasteiger partial charge in [-0.15, -0.1) is 0 Å². The summed E-state index contributed by atoms with van der Waals surface area (Å²) >= 11 is 0. The van der Waals surface area contributed by atoms with Crippen molar-refractivity contribution in [2.45, 2.75) is 6.41 Å². The van der Waals surface area contributed by atoms with E-state index in [2.05, 4.69) is 9.05 Å². The molecule has 0 spiro atoms. The van der Waals surface area contributed by atoms with E-state index in [1.54, 1.807) is 0 Å². The van der Waals surface area contributed by atoms with Crippen molar-refractivity contribution in [1.82, 2.24) is 4.90 Å². The van der Waals surface area contributed by atoms with Crippen LogP contribution in [0.3, 0.4) is 0 Å². The van der Waals surface area contributed by atoms with Crippen LogP contribution >= 0.6 is 16.5 Å². The SMILES string of the molecule is CN(C)C(O[P+](=O)[O-])O[P+](=O)[O-].[Na+].[Na+].[Na+]. The van der Waals surface area contributed by atoms with Crippen LogP contribution in [0.15, 0.2) is 0 Å². The van der Waals surface area contributed by atoms with Crippen molar-refractivity contribution in [1.29, 1.82) is 0 Å². The monoisotopic (exact) mass is 284 g/mol. The Balaban J connectivity index is -0.000000202. The summed E-state index contributed by atoms with van der Waals surface area (Å²) in [6.45, 7) is 0. The van der Waals surface area contributed by atoms with Crippen molar-refractivity contribution in [2.24, 2.45) is 0 Å². The summed E-state index contributed by atoms with van der Waals surface area (Å²) in [4.78, 5) is 21.2. The Labute approximate surface area is 156 Å². The van der Waals surface area contributed by atoms with E-state index in [1.165, 1.54) is 14.1 Å². The van der Waals surface area contributed by atoms with E-state index < -0.39 is 22.9 Å². The van der Waals surface area contributed by atoms with Crippen LogP contribution in [0.5, 0.6) is 0 Å². The van der Waals surface area contributed by atoms with Crippen molar-refractivity contribution >= 4 is 16.5 Å². The molecular weight excluding hydrogens is 277 g/mol. The maximum Gasteiger partial charge on any atom is 1.00 e. The molecule has 0 aromatic heterocycles. The predicted molar refractivity (Wildman–Crippen MR) is 34.9 cm³/mol. The first kappa shape index (κ1) is 26.5. The summed E-state index contributed by atoms with van der Waals surface area (Å²) < 4.78 is 28.2. The molecule has 70 valence electrons. The zero-order valence-corrected chi connectivity index (χ0v) is 17.2. The topological polar surface area (TPSA) is 102 Å². The molecule has 0 saturated heterocycles. The molecule has 0 bridgehead atoms. The minimum Gasteiger partial charge on any atom is -0.566 e. The molecule has 0 amide bonds. The number of rotatable bonds is 5. The van der Waals surface area contributed by atoms with Gasteiger partial charge in [0.25, 0.3) is 0 Å². The van der Waals surface area contributed by atoms with Crippen molar-refractivity contribution in [3.8, 4) is 0 Å². The van der Waals surface area contributed by atoms with Gasteiger partial charge in [0.15, 0.2) is 0 Å². The summed E-state index contributed by atoms with van der Waals surface area (Å²) in [5.74, 6) is 0. The van der Waals surface area contributed by atoms with Gasteiger partial charge in [-0.25, -0.2) is 0 Å². The van der Waals surface area contributed by atoms with Crippen LogP contribution in [-0.4, -0.2) is 25.4 Å². The van der Waals surface area contributed by atoms with Gasteiger partial charge >= 0.3 is 112 Å². The molecular formula is C3H7NNa3O6P2+3. The van der Waals surface area contributed by atoms with Gasteiger partial charge in [0.2, 0.25) is 0 Å². The van der Waals surface area contributed by atoms with Gasteiger partial charge in [-0.05, 0) is 23.2 Å². The molecule has 0 aromatic carbocycles. The molecule has 7 nitrogen and oxygen atoms in total. The number of nitrogens with zero attached hydrogens (tertiary/aromatic N) is 1. The fourth-order valence-corrected chi connectivity index (χ4v) is 1.18. The molecule has 0 rings (SSSR count). The Morgan fingerprint density at radius 3 is 1.40 bits per heavy atom. The average molecular weight is 284 g/mol. The number of hydrogen-bond acceptors (Lipinski definition) is 7. The van der Waals surface area contributed by atoms with Crippen LogP contribution in [0.25, 0.3) is 0 Å². The standard InChI is InChI=1S/C3H7NO6P2.3Na/c1-4(2)3(9-11(5)6)10-12(7)8;;;/h3H,1-2H3;;;/q;3*+1. The molecule has 0 heterocycles. The van der Waals surface area contributed by atoms with Crippen molar-refractivity contribution in [3.05, 3.63) is 0 Å². The Morgan fingerprint density at radius 1 is 1.00 bits per heavy atom. The Morgan fingerprint density at radius 2 is 1.27 bits per heavy atom. The summed E-state index contributed by atoms with van der Waals surface area (Å²) in [5.41, 5.74) is 0. The Bertz CT molecular complexity index is 178. The van der Waals surface area contributed by atoms with E-state index in [1.807, 2.05) is 0 Å². The van der Waals surface area contributed by atoms with Gasteiger partial charge in [0.05, 0.1) is 0 Å². The van der Waals surface area contributed by atoms with Crippen LogP contribution in [0.2, 0.25) is 0 Å². The molecule has 0 aliphatic carbocycles. The average Bonchev–Trinajstić information content (AvgIpc) is 1.83. The molecule has 0 radical (unpaired) electrons. The fraction of sp³-hybridized carbons (Fsp3) is 1.00. The Hall–Kier alpha value is 3.00. The molecule has 0 saturated carbocycles. The molecule has 12 heteroatoms. The third-order valence-corrected chi connectivity index (χ3v) is 1.48. The van der Waals surface area contributed by atoms with Crippen molar-refractivity contribution in [2.75, 3.05) is 14.1 Å². The first-order valence-electron chi connectivity index (χ1n) is 2.72. The predicted octanol–water partition coefficient (Wildman–Crippen LogP) is -10.1. The van der Waals surface area contributed by atoms with E-state index in [4.69, 9.17) is 0 Å². The molecule has 2 unspecified atom stereocenters. The maximum absolute atomic E-state index is 10.0. The summed E-state index contributed by atoms with van der Waals surface area (Å²) in [6.07, 6.45) is -1.42. The molecule has 2 atom stereocenters.